The Bertz CT molecular complexity index is 893. The van der Waals surface area contributed by atoms with Crippen LogP contribution in [0.25, 0.3) is 0 Å². The van der Waals surface area contributed by atoms with E-state index in [0.717, 1.165) is 57.4 Å². The van der Waals surface area contributed by atoms with Gasteiger partial charge >= 0.3 is 18.1 Å². The third-order valence-electron chi connectivity index (χ3n) is 6.12. The van der Waals surface area contributed by atoms with Gasteiger partial charge in [0.1, 0.15) is 5.92 Å². The van der Waals surface area contributed by atoms with Crippen molar-refractivity contribution in [2.24, 2.45) is 11.8 Å². The van der Waals surface area contributed by atoms with Crippen LogP contribution in [-0.4, -0.2) is 83.2 Å². The number of benzene rings is 1. The minimum atomic E-state index is -5.08. The summed E-state index contributed by atoms with van der Waals surface area (Å²) in [6.45, 7) is 3.47. The third kappa shape index (κ3) is 8.53. The summed E-state index contributed by atoms with van der Waals surface area (Å²) >= 11 is 0. The number of hydrogen-bond acceptors (Lipinski definition) is 5. The predicted octanol–water partition coefficient (Wildman–Crippen LogP) is 2.21. The van der Waals surface area contributed by atoms with Crippen molar-refractivity contribution in [2.75, 3.05) is 33.2 Å². The number of alkyl halides is 3. The van der Waals surface area contributed by atoms with Gasteiger partial charge in [0.05, 0.1) is 0 Å². The molecule has 35 heavy (non-hydrogen) atoms. The smallest absolute Gasteiger partial charge is 0.481 e. The second kappa shape index (κ2) is 12.5. The first-order valence-corrected chi connectivity index (χ1v) is 11.3. The highest BCUT2D eigenvalue weighted by Gasteiger charge is 2.38. The fraction of sp³-hybridized carbons (Fsp3) is 0.565. The number of piperazine rings is 1. The number of carbonyl (C=O) groups is 4. The zero-order chi connectivity index (χ0) is 26.2. The summed E-state index contributed by atoms with van der Waals surface area (Å²) in [5.74, 6) is -5.24. The Labute approximate surface area is 200 Å². The molecule has 1 saturated carbocycles. The minimum Gasteiger partial charge on any atom is -0.481 e. The number of carboxylic acid groups (broad SMARTS) is 2. The summed E-state index contributed by atoms with van der Waals surface area (Å²) in [4.78, 5) is 49.4. The number of rotatable bonds is 6. The van der Waals surface area contributed by atoms with E-state index in [9.17, 15) is 32.7 Å². The molecule has 1 saturated heterocycles. The van der Waals surface area contributed by atoms with Gasteiger partial charge in [-0.2, -0.15) is 13.2 Å². The first kappa shape index (κ1) is 28.1. The van der Waals surface area contributed by atoms with Crippen LogP contribution < -0.4 is 5.32 Å². The first-order valence-electron chi connectivity index (χ1n) is 11.3. The monoisotopic (exact) mass is 501 g/mol. The van der Waals surface area contributed by atoms with Crippen LogP contribution in [0.4, 0.5) is 13.2 Å². The molecule has 12 heteroatoms. The van der Waals surface area contributed by atoms with E-state index in [2.05, 4.69) is 10.2 Å². The number of likely N-dealkylation sites (N-methyl/N-ethyl adjacent to an activating group) is 1. The van der Waals surface area contributed by atoms with Crippen LogP contribution in [0.3, 0.4) is 0 Å². The Balaban J connectivity index is 0.000000540. The number of carboxylic acids is 2. The average molecular weight is 502 g/mol. The van der Waals surface area contributed by atoms with Crippen molar-refractivity contribution < 1.29 is 42.6 Å². The van der Waals surface area contributed by atoms with Crippen molar-refractivity contribution in [2.45, 2.75) is 38.4 Å². The van der Waals surface area contributed by atoms with E-state index in [0.29, 0.717) is 5.56 Å². The number of aliphatic carboxylic acids is 2. The molecule has 9 nitrogen and oxygen atoms in total. The van der Waals surface area contributed by atoms with Gasteiger partial charge in [-0.15, -0.1) is 0 Å². The Morgan fingerprint density at radius 3 is 1.97 bits per heavy atom. The fourth-order valence-corrected chi connectivity index (χ4v) is 4.08. The van der Waals surface area contributed by atoms with Gasteiger partial charge in [0.25, 0.3) is 5.91 Å². The normalized spacial score (nSPS) is 17.8. The van der Waals surface area contributed by atoms with Crippen molar-refractivity contribution in [3.63, 3.8) is 0 Å². The highest BCUT2D eigenvalue weighted by Crippen LogP contribution is 2.31. The molecule has 2 aliphatic rings. The number of hydrogen-bond donors (Lipinski definition) is 3. The van der Waals surface area contributed by atoms with E-state index >= 15 is 0 Å². The lowest BCUT2D eigenvalue weighted by molar-refractivity contribution is -0.192. The molecule has 3 N–H and O–H groups in total. The van der Waals surface area contributed by atoms with Crippen LogP contribution in [0.5, 0.6) is 0 Å². The second-order valence-corrected chi connectivity index (χ2v) is 8.67. The van der Waals surface area contributed by atoms with Crippen LogP contribution >= 0.6 is 0 Å². The topological polar surface area (TPSA) is 127 Å². The van der Waals surface area contributed by atoms with Crippen molar-refractivity contribution >= 4 is 23.8 Å². The second-order valence-electron chi connectivity index (χ2n) is 8.67. The van der Waals surface area contributed by atoms with Crippen molar-refractivity contribution in [3.8, 4) is 0 Å². The number of carbonyl (C=O) groups excluding carboxylic acids is 2. The minimum absolute atomic E-state index is 0.0239. The van der Waals surface area contributed by atoms with Gasteiger partial charge in [0.2, 0.25) is 5.91 Å². The van der Waals surface area contributed by atoms with Crippen LogP contribution in [0.1, 0.15) is 41.6 Å². The van der Waals surface area contributed by atoms with E-state index < -0.39 is 29.9 Å². The quantitative estimate of drug-likeness (QED) is 0.510. The highest BCUT2D eigenvalue weighted by molar-refractivity contribution is 5.97. The SMILES string of the molecule is CN1CCN(C(=O)c2ccc(CNC(=O)C(C(=O)O)C3CCCC3)cc2)CC1.O=C(O)C(F)(F)F. The maximum Gasteiger partial charge on any atom is 0.490 e. The summed E-state index contributed by atoms with van der Waals surface area (Å²) in [5, 5.41) is 19.3. The molecule has 0 spiro atoms. The van der Waals surface area contributed by atoms with Gasteiger partial charge in [-0.3, -0.25) is 14.4 Å². The summed E-state index contributed by atoms with van der Waals surface area (Å²) < 4.78 is 31.7. The van der Waals surface area contributed by atoms with Crippen molar-refractivity contribution in [1.82, 2.24) is 15.1 Å². The van der Waals surface area contributed by atoms with Gasteiger partial charge in [-0.1, -0.05) is 25.0 Å². The van der Waals surface area contributed by atoms with Crippen molar-refractivity contribution in [1.29, 1.82) is 0 Å². The zero-order valence-electron chi connectivity index (χ0n) is 19.4. The highest BCUT2D eigenvalue weighted by atomic mass is 19.4. The molecular weight excluding hydrogens is 471 g/mol. The van der Waals surface area contributed by atoms with Crippen LogP contribution in [-0.2, 0) is 20.9 Å². The van der Waals surface area contributed by atoms with Crippen LogP contribution in [0.2, 0.25) is 0 Å². The van der Waals surface area contributed by atoms with Gasteiger partial charge in [-0.25, -0.2) is 4.79 Å². The van der Waals surface area contributed by atoms with Gasteiger partial charge < -0.3 is 25.3 Å². The molecule has 2 amide bonds. The Morgan fingerprint density at radius 2 is 1.51 bits per heavy atom. The summed E-state index contributed by atoms with van der Waals surface area (Å²) in [5.41, 5.74) is 1.48. The third-order valence-corrected chi connectivity index (χ3v) is 6.12. The molecule has 1 aliphatic heterocycles. The molecule has 2 fully saturated rings. The molecule has 0 bridgehead atoms. The molecule has 0 radical (unpaired) electrons. The molecule has 1 unspecified atom stereocenters. The van der Waals surface area contributed by atoms with Gasteiger partial charge in [-0.05, 0) is 43.5 Å². The Kier molecular flexibility index (Phi) is 10.1. The largest absolute Gasteiger partial charge is 0.490 e. The number of nitrogens with zero attached hydrogens (tertiary/aromatic N) is 2. The molecule has 1 aromatic rings. The van der Waals surface area contributed by atoms with Gasteiger partial charge in [0, 0.05) is 38.3 Å². The maximum absolute atomic E-state index is 12.6. The lowest BCUT2D eigenvalue weighted by Crippen LogP contribution is -2.47. The molecule has 194 valence electrons. The van der Waals surface area contributed by atoms with E-state index in [1.165, 1.54) is 0 Å². The molecular formula is C23H30F3N3O6. The van der Waals surface area contributed by atoms with Gasteiger partial charge in [0.15, 0.2) is 0 Å². The lowest BCUT2D eigenvalue weighted by Gasteiger charge is -2.32. The number of halogens is 3. The lowest BCUT2D eigenvalue weighted by atomic mass is 9.90. The fourth-order valence-electron chi connectivity index (χ4n) is 4.08. The average Bonchev–Trinajstić information content (AvgIpc) is 3.32. The standard InChI is InChI=1S/C21H29N3O4.C2HF3O2/c1-23-10-12-24(13-11-23)20(26)17-8-6-15(7-9-17)14-22-19(25)18(21(27)28)16-4-2-3-5-16;3-2(4,5)1(6)7/h6-9,16,18H,2-5,10-14H2,1H3,(H,22,25)(H,27,28);(H,6,7). The zero-order valence-corrected chi connectivity index (χ0v) is 19.4. The van der Waals surface area contributed by atoms with Crippen molar-refractivity contribution in [3.05, 3.63) is 35.4 Å². The molecule has 3 rings (SSSR count). The predicted molar refractivity (Wildman–Crippen MR) is 118 cm³/mol. The molecule has 1 heterocycles. The summed E-state index contributed by atoms with van der Waals surface area (Å²) in [6, 6.07) is 7.17. The molecule has 1 aromatic carbocycles. The molecule has 1 aliphatic carbocycles. The summed E-state index contributed by atoms with van der Waals surface area (Å²) in [6.07, 6.45) is -1.50. The number of nitrogens with one attached hydrogen (secondary N) is 1. The van der Waals surface area contributed by atoms with E-state index in [-0.39, 0.29) is 18.4 Å². The van der Waals surface area contributed by atoms with Crippen LogP contribution in [0, 0.1) is 11.8 Å². The summed E-state index contributed by atoms with van der Waals surface area (Å²) in [7, 11) is 2.05. The first-order chi connectivity index (χ1) is 16.4. The molecule has 1 atom stereocenters. The van der Waals surface area contributed by atoms with E-state index in [1.807, 2.05) is 24.1 Å². The number of amides is 2. The van der Waals surface area contributed by atoms with E-state index in [4.69, 9.17) is 9.90 Å². The Morgan fingerprint density at radius 1 is 1.00 bits per heavy atom. The molecule has 0 aromatic heterocycles. The van der Waals surface area contributed by atoms with E-state index in [1.54, 1.807) is 12.1 Å². The Hall–Kier alpha value is -3.15. The maximum atomic E-state index is 12.6. The van der Waals surface area contributed by atoms with Crippen LogP contribution in [0.15, 0.2) is 24.3 Å².